The maximum absolute atomic E-state index is 12.1. The van der Waals surface area contributed by atoms with Crippen LogP contribution in [0.5, 0.6) is 0 Å². The van der Waals surface area contributed by atoms with Crippen molar-refractivity contribution in [2.45, 2.75) is 31.4 Å². The molecule has 2 bridgehead atoms. The Morgan fingerprint density at radius 1 is 1.28 bits per heavy atom. The van der Waals surface area contributed by atoms with Crippen LogP contribution in [0.2, 0.25) is 0 Å². The van der Waals surface area contributed by atoms with Crippen LogP contribution in [0.15, 0.2) is 30.3 Å². The van der Waals surface area contributed by atoms with Crippen LogP contribution in [0.3, 0.4) is 0 Å². The molecule has 96 valence electrons. The van der Waals surface area contributed by atoms with E-state index in [1.807, 2.05) is 30.3 Å². The highest BCUT2D eigenvalue weighted by atomic mass is 16.5. The topological polar surface area (TPSA) is 29.5 Å². The Hall–Kier alpha value is -1.35. The van der Waals surface area contributed by atoms with Gasteiger partial charge in [0.05, 0.1) is 5.56 Å². The van der Waals surface area contributed by atoms with Crippen molar-refractivity contribution in [3.63, 3.8) is 0 Å². The molecule has 1 aromatic carbocycles. The van der Waals surface area contributed by atoms with Gasteiger partial charge >= 0.3 is 5.97 Å². The molecule has 0 aromatic heterocycles. The Morgan fingerprint density at radius 3 is 2.72 bits per heavy atom. The van der Waals surface area contributed by atoms with Gasteiger partial charge in [0.15, 0.2) is 0 Å². The third-order valence-electron chi connectivity index (χ3n) is 4.25. The van der Waals surface area contributed by atoms with Gasteiger partial charge in [0.1, 0.15) is 6.10 Å². The Morgan fingerprint density at radius 2 is 2.06 bits per heavy atom. The molecule has 3 atom stereocenters. The summed E-state index contributed by atoms with van der Waals surface area (Å²) in [6.45, 7) is 1.16. The molecule has 4 rings (SSSR count). The maximum Gasteiger partial charge on any atom is 0.338 e. The van der Waals surface area contributed by atoms with Crippen molar-refractivity contribution >= 4 is 5.97 Å². The summed E-state index contributed by atoms with van der Waals surface area (Å²) in [5.74, 6) is 0.523. The van der Waals surface area contributed by atoms with Crippen LogP contribution in [0.25, 0.3) is 0 Å². The van der Waals surface area contributed by atoms with E-state index in [4.69, 9.17) is 4.74 Å². The number of piperidine rings is 2. The predicted molar refractivity (Wildman–Crippen MR) is 69.4 cm³/mol. The van der Waals surface area contributed by atoms with E-state index >= 15 is 0 Å². The number of fused-ring (bicyclic) bond motifs is 3. The van der Waals surface area contributed by atoms with Gasteiger partial charge in [-0.1, -0.05) is 18.2 Å². The lowest BCUT2D eigenvalue weighted by atomic mass is 9.78. The minimum atomic E-state index is -0.179. The minimum Gasteiger partial charge on any atom is -0.457 e. The van der Waals surface area contributed by atoms with Crippen LogP contribution in [-0.2, 0) is 4.74 Å². The van der Waals surface area contributed by atoms with Crippen LogP contribution < -0.4 is 0 Å². The number of hydrogen-bond acceptors (Lipinski definition) is 3. The highest BCUT2D eigenvalue weighted by molar-refractivity contribution is 5.89. The van der Waals surface area contributed by atoms with Crippen molar-refractivity contribution in [2.75, 3.05) is 13.6 Å². The van der Waals surface area contributed by atoms with Gasteiger partial charge in [-0.15, -0.1) is 0 Å². The number of ether oxygens (including phenoxy) is 1. The first-order chi connectivity index (χ1) is 8.74. The summed E-state index contributed by atoms with van der Waals surface area (Å²) in [7, 11) is 2.14. The number of rotatable bonds is 2. The molecule has 3 aliphatic rings. The minimum absolute atomic E-state index is 0.0789. The first-order valence-corrected chi connectivity index (χ1v) is 6.70. The zero-order valence-corrected chi connectivity index (χ0v) is 10.7. The van der Waals surface area contributed by atoms with Gasteiger partial charge < -0.3 is 4.74 Å². The zero-order valence-electron chi connectivity index (χ0n) is 10.7. The third kappa shape index (κ3) is 2.15. The summed E-state index contributed by atoms with van der Waals surface area (Å²) in [4.78, 5) is 14.4. The lowest BCUT2D eigenvalue weighted by Crippen LogP contribution is -2.55. The van der Waals surface area contributed by atoms with Crippen molar-refractivity contribution < 1.29 is 9.53 Å². The number of likely N-dealkylation sites (N-methyl/N-ethyl adjacent to an activating group) is 1. The standard InChI is InChI=1S/C15H19NO2/c1-16-10-11-7-8-13(16)14(9-11)18-15(17)12-5-3-2-4-6-12/h2-6,11,13-14H,7-10H2,1H3. The van der Waals surface area contributed by atoms with Crippen molar-refractivity contribution in [2.24, 2.45) is 5.92 Å². The summed E-state index contributed by atoms with van der Waals surface area (Å²) in [5, 5.41) is 0. The monoisotopic (exact) mass is 245 g/mol. The van der Waals surface area contributed by atoms with E-state index in [9.17, 15) is 4.79 Å². The number of carbonyl (C=O) groups is 1. The molecule has 2 saturated heterocycles. The average Bonchev–Trinajstić information content (AvgIpc) is 2.40. The molecule has 3 fully saturated rings. The van der Waals surface area contributed by atoms with Gasteiger partial charge in [-0.25, -0.2) is 4.79 Å². The fourth-order valence-electron chi connectivity index (χ4n) is 3.31. The number of esters is 1. The molecule has 0 amide bonds. The largest absolute Gasteiger partial charge is 0.457 e. The third-order valence-corrected chi connectivity index (χ3v) is 4.25. The Kier molecular flexibility index (Phi) is 3.08. The molecule has 0 N–H and O–H groups in total. The molecule has 0 radical (unpaired) electrons. The van der Waals surface area contributed by atoms with Crippen LogP contribution >= 0.6 is 0 Å². The molecule has 1 aromatic rings. The predicted octanol–water partition coefficient (Wildman–Crippen LogP) is 2.33. The second-order valence-electron chi connectivity index (χ2n) is 5.50. The molecule has 3 unspecified atom stereocenters. The van der Waals surface area contributed by atoms with Crippen molar-refractivity contribution in [3.05, 3.63) is 35.9 Å². The van der Waals surface area contributed by atoms with Gasteiger partial charge in [-0.05, 0) is 44.4 Å². The second-order valence-corrected chi connectivity index (χ2v) is 5.50. The smallest absolute Gasteiger partial charge is 0.338 e. The molecule has 2 heterocycles. The van der Waals surface area contributed by atoms with Crippen molar-refractivity contribution in [1.82, 2.24) is 4.90 Å². The fourth-order valence-corrected chi connectivity index (χ4v) is 3.31. The van der Waals surface area contributed by atoms with E-state index in [-0.39, 0.29) is 12.1 Å². The van der Waals surface area contributed by atoms with E-state index in [2.05, 4.69) is 11.9 Å². The molecule has 0 spiro atoms. The lowest BCUT2D eigenvalue weighted by Gasteiger charge is -2.47. The summed E-state index contributed by atoms with van der Waals surface area (Å²) < 4.78 is 5.70. The Labute approximate surface area is 108 Å². The summed E-state index contributed by atoms with van der Waals surface area (Å²) >= 11 is 0. The number of carbonyl (C=O) groups excluding carboxylic acids is 1. The number of nitrogens with zero attached hydrogens (tertiary/aromatic N) is 1. The second kappa shape index (κ2) is 4.73. The fraction of sp³-hybridized carbons (Fsp3) is 0.533. The lowest BCUT2D eigenvalue weighted by molar-refractivity contribution is -0.0587. The quantitative estimate of drug-likeness (QED) is 0.749. The highest BCUT2D eigenvalue weighted by Crippen LogP contribution is 2.36. The molecule has 18 heavy (non-hydrogen) atoms. The van der Waals surface area contributed by atoms with E-state index in [0.717, 1.165) is 19.4 Å². The van der Waals surface area contributed by atoms with Gasteiger partial charge in [0.25, 0.3) is 0 Å². The normalized spacial score (nSPS) is 31.3. The van der Waals surface area contributed by atoms with Crippen LogP contribution in [0.1, 0.15) is 29.6 Å². The number of hydrogen-bond donors (Lipinski definition) is 0. The van der Waals surface area contributed by atoms with Crippen LogP contribution in [0, 0.1) is 5.92 Å². The average molecular weight is 245 g/mol. The summed E-state index contributed by atoms with van der Waals surface area (Å²) in [6.07, 6.45) is 3.56. The molecule has 3 nitrogen and oxygen atoms in total. The first kappa shape index (κ1) is 11.7. The van der Waals surface area contributed by atoms with Crippen molar-refractivity contribution in [3.8, 4) is 0 Å². The molecule has 1 saturated carbocycles. The van der Waals surface area contributed by atoms with E-state index in [1.54, 1.807) is 0 Å². The summed E-state index contributed by atoms with van der Waals surface area (Å²) in [6, 6.07) is 9.70. The summed E-state index contributed by atoms with van der Waals surface area (Å²) in [5.41, 5.74) is 0.654. The zero-order chi connectivity index (χ0) is 12.5. The highest BCUT2D eigenvalue weighted by Gasteiger charge is 2.41. The molecule has 3 heteroatoms. The van der Waals surface area contributed by atoms with Gasteiger partial charge in [0, 0.05) is 12.6 Å². The number of benzene rings is 1. The maximum atomic E-state index is 12.1. The Balaban J connectivity index is 1.68. The van der Waals surface area contributed by atoms with Crippen LogP contribution in [-0.4, -0.2) is 36.6 Å². The van der Waals surface area contributed by atoms with Gasteiger partial charge in [-0.2, -0.15) is 0 Å². The van der Waals surface area contributed by atoms with E-state index in [0.29, 0.717) is 17.5 Å². The van der Waals surface area contributed by atoms with Crippen molar-refractivity contribution in [1.29, 1.82) is 0 Å². The molecular weight excluding hydrogens is 226 g/mol. The van der Waals surface area contributed by atoms with Gasteiger partial charge in [-0.3, -0.25) is 4.90 Å². The van der Waals surface area contributed by atoms with E-state index in [1.165, 1.54) is 6.42 Å². The molecular formula is C15H19NO2. The van der Waals surface area contributed by atoms with Crippen LogP contribution in [0.4, 0.5) is 0 Å². The molecule has 1 aliphatic carbocycles. The Bertz CT molecular complexity index is 431. The van der Waals surface area contributed by atoms with Gasteiger partial charge in [0.2, 0.25) is 0 Å². The first-order valence-electron chi connectivity index (χ1n) is 6.70. The van der Waals surface area contributed by atoms with E-state index < -0.39 is 0 Å². The molecule has 2 aliphatic heterocycles. The SMILES string of the molecule is CN1CC2CCC1C(OC(=O)c1ccccc1)C2.